The van der Waals surface area contributed by atoms with Crippen molar-refractivity contribution in [3.8, 4) is 0 Å². The molecule has 0 saturated carbocycles. The smallest absolute Gasteiger partial charge is 0.253 e. The second kappa shape index (κ2) is 8.46. The molecule has 1 aliphatic heterocycles. The molecule has 5 heteroatoms. The minimum absolute atomic E-state index is 0.00278. The highest BCUT2D eigenvalue weighted by molar-refractivity contribution is 6.42. The zero-order chi connectivity index (χ0) is 21.5. The van der Waals surface area contributed by atoms with Crippen molar-refractivity contribution in [1.29, 1.82) is 0 Å². The Morgan fingerprint density at radius 3 is 2.19 bits per heavy atom. The first-order chi connectivity index (χ1) is 15.0. The Labute approximate surface area is 193 Å². The number of rotatable bonds is 3. The zero-order valence-corrected chi connectivity index (χ0v) is 19.2. The predicted octanol–water partition coefficient (Wildman–Crippen LogP) is 5.85. The molecular weight excluding hydrogens is 427 g/mol. The highest BCUT2D eigenvalue weighted by atomic mass is 35.5. The highest BCUT2D eigenvalue weighted by Crippen LogP contribution is 2.33. The molecule has 0 aromatic heterocycles. The van der Waals surface area contributed by atoms with Gasteiger partial charge in [-0.15, -0.1) is 0 Å². The molecule has 1 fully saturated rings. The summed E-state index contributed by atoms with van der Waals surface area (Å²) in [7, 11) is 1.94. The van der Waals surface area contributed by atoms with E-state index in [1.807, 2.05) is 11.9 Å². The Morgan fingerprint density at radius 1 is 0.903 bits per heavy atom. The lowest BCUT2D eigenvalue weighted by atomic mass is 9.81. The van der Waals surface area contributed by atoms with Crippen LogP contribution in [0.5, 0.6) is 0 Å². The first-order valence-corrected chi connectivity index (χ1v) is 11.7. The fourth-order valence-electron chi connectivity index (χ4n) is 5.26. The van der Waals surface area contributed by atoms with Crippen molar-refractivity contribution in [2.24, 2.45) is 0 Å². The number of benzene rings is 3. The van der Waals surface area contributed by atoms with Crippen molar-refractivity contribution in [3.63, 3.8) is 0 Å². The third kappa shape index (κ3) is 3.95. The molecule has 1 aliphatic carbocycles. The van der Waals surface area contributed by atoms with E-state index in [0.717, 1.165) is 25.9 Å². The molecule has 0 bridgehead atoms. The number of hydrogen-bond donors (Lipinski definition) is 0. The van der Waals surface area contributed by atoms with Gasteiger partial charge >= 0.3 is 0 Å². The van der Waals surface area contributed by atoms with Crippen molar-refractivity contribution >= 4 is 39.9 Å². The normalized spacial score (nSPS) is 21.3. The maximum atomic E-state index is 13.4. The summed E-state index contributed by atoms with van der Waals surface area (Å²) in [6.07, 6.45) is 4.31. The first-order valence-electron chi connectivity index (χ1n) is 11.0. The minimum Gasteiger partial charge on any atom is -0.337 e. The van der Waals surface area contributed by atoms with Gasteiger partial charge in [-0.05, 0) is 78.9 Å². The van der Waals surface area contributed by atoms with Crippen molar-refractivity contribution in [1.82, 2.24) is 9.80 Å². The van der Waals surface area contributed by atoms with Gasteiger partial charge in [0.1, 0.15) is 0 Å². The number of likely N-dealkylation sites (N-methyl/N-ethyl adjacent to an activating group) is 1. The maximum absolute atomic E-state index is 13.4. The van der Waals surface area contributed by atoms with Gasteiger partial charge < -0.3 is 4.90 Å². The summed E-state index contributed by atoms with van der Waals surface area (Å²) in [4.78, 5) is 17.9. The summed E-state index contributed by atoms with van der Waals surface area (Å²) in [5.41, 5.74) is 3.36. The van der Waals surface area contributed by atoms with Gasteiger partial charge in [-0.2, -0.15) is 0 Å². The van der Waals surface area contributed by atoms with Gasteiger partial charge in [0.15, 0.2) is 0 Å². The SMILES string of the molecule is CN(C(=O)c1ccc(Cl)c(Cl)c1)[C@@H]1Cc2cc3ccccc3cc2C[C@H]1N1CCCC1. The topological polar surface area (TPSA) is 23.6 Å². The van der Waals surface area contributed by atoms with Gasteiger partial charge in [0.2, 0.25) is 0 Å². The first kappa shape index (κ1) is 20.8. The van der Waals surface area contributed by atoms with E-state index in [9.17, 15) is 4.79 Å². The molecule has 0 radical (unpaired) electrons. The number of nitrogens with zero attached hydrogens (tertiary/aromatic N) is 2. The van der Waals surface area contributed by atoms with Gasteiger partial charge in [0, 0.05) is 18.7 Å². The van der Waals surface area contributed by atoms with E-state index in [1.54, 1.807) is 18.2 Å². The lowest BCUT2D eigenvalue weighted by Gasteiger charge is -2.43. The fraction of sp³-hybridized carbons (Fsp3) is 0.346. The van der Waals surface area contributed by atoms with Crippen LogP contribution in [-0.4, -0.2) is 47.9 Å². The minimum atomic E-state index is -0.00278. The van der Waals surface area contributed by atoms with Crippen LogP contribution in [0.4, 0.5) is 0 Å². The van der Waals surface area contributed by atoms with Gasteiger partial charge in [-0.1, -0.05) is 59.6 Å². The Morgan fingerprint density at radius 2 is 1.55 bits per heavy atom. The van der Waals surface area contributed by atoms with Gasteiger partial charge in [-0.3, -0.25) is 9.69 Å². The van der Waals surface area contributed by atoms with Crippen molar-refractivity contribution in [2.75, 3.05) is 20.1 Å². The van der Waals surface area contributed by atoms with Crippen LogP contribution in [-0.2, 0) is 12.8 Å². The van der Waals surface area contributed by atoms with E-state index >= 15 is 0 Å². The van der Waals surface area contributed by atoms with E-state index in [4.69, 9.17) is 23.2 Å². The van der Waals surface area contributed by atoms with Gasteiger partial charge in [0.25, 0.3) is 5.91 Å². The van der Waals surface area contributed by atoms with Gasteiger partial charge in [0.05, 0.1) is 16.1 Å². The van der Waals surface area contributed by atoms with E-state index in [2.05, 4.69) is 41.3 Å². The largest absolute Gasteiger partial charge is 0.337 e. The highest BCUT2D eigenvalue weighted by Gasteiger charge is 2.38. The van der Waals surface area contributed by atoms with Crippen LogP contribution < -0.4 is 0 Å². The molecular formula is C26H26Cl2N2O. The average Bonchev–Trinajstić information content (AvgIpc) is 3.32. The lowest BCUT2D eigenvalue weighted by Crippen LogP contribution is -2.55. The molecule has 0 unspecified atom stereocenters. The van der Waals surface area contributed by atoms with E-state index in [1.165, 1.54) is 34.7 Å². The van der Waals surface area contributed by atoms with Crippen molar-refractivity contribution < 1.29 is 4.79 Å². The van der Waals surface area contributed by atoms with E-state index in [0.29, 0.717) is 21.7 Å². The van der Waals surface area contributed by atoms with Gasteiger partial charge in [-0.25, -0.2) is 0 Å². The van der Waals surface area contributed by atoms with Crippen LogP contribution in [0.15, 0.2) is 54.6 Å². The predicted molar refractivity (Wildman–Crippen MR) is 128 cm³/mol. The average molecular weight is 453 g/mol. The summed E-state index contributed by atoms with van der Waals surface area (Å²) in [5.74, 6) is -0.00278. The number of amides is 1. The monoisotopic (exact) mass is 452 g/mol. The molecule has 160 valence electrons. The standard InChI is InChI=1S/C26H26Cl2N2O/c1-29(26(31)19-8-9-22(27)23(28)14-19)24-15-20-12-17-6-2-3-7-18(17)13-21(20)16-25(24)30-10-4-5-11-30/h2-3,6-9,12-14,24-25H,4-5,10-11,15-16H2,1H3/t24-,25-/m1/s1. The van der Waals surface area contributed by atoms with Crippen LogP contribution >= 0.6 is 23.2 Å². The fourth-order valence-corrected chi connectivity index (χ4v) is 5.56. The summed E-state index contributed by atoms with van der Waals surface area (Å²) < 4.78 is 0. The number of carbonyl (C=O) groups is 1. The maximum Gasteiger partial charge on any atom is 0.253 e. The lowest BCUT2D eigenvalue weighted by molar-refractivity contribution is 0.0579. The van der Waals surface area contributed by atoms with Crippen LogP contribution in [0.1, 0.15) is 34.3 Å². The number of hydrogen-bond acceptors (Lipinski definition) is 2. The van der Waals surface area contributed by atoms with Crippen molar-refractivity contribution in [3.05, 3.63) is 81.3 Å². The molecule has 0 N–H and O–H groups in total. The molecule has 3 aromatic rings. The number of halogens is 2. The molecule has 1 heterocycles. The summed E-state index contributed by atoms with van der Waals surface area (Å²) in [6, 6.07) is 18.8. The number of fused-ring (bicyclic) bond motifs is 2. The molecule has 3 aromatic carbocycles. The second-order valence-electron chi connectivity index (χ2n) is 8.80. The quantitative estimate of drug-likeness (QED) is 0.497. The second-order valence-corrected chi connectivity index (χ2v) is 9.61. The molecule has 3 nitrogen and oxygen atoms in total. The summed E-state index contributed by atoms with van der Waals surface area (Å²) >= 11 is 12.3. The summed E-state index contributed by atoms with van der Waals surface area (Å²) in [5, 5.41) is 3.44. The third-order valence-electron chi connectivity index (χ3n) is 6.96. The summed E-state index contributed by atoms with van der Waals surface area (Å²) in [6.45, 7) is 2.22. The molecule has 2 aliphatic rings. The Kier molecular flexibility index (Phi) is 5.68. The number of carbonyl (C=O) groups excluding carboxylic acids is 1. The molecule has 5 rings (SSSR count). The van der Waals surface area contributed by atoms with Crippen molar-refractivity contribution in [2.45, 2.75) is 37.8 Å². The van der Waals surface area contributed by atoms with Crippen LogP contribution in [0.25, 0.3) is 10.8 Å². The van der Waals surface area contributed by atoms with E-state index in [-0.39, 0.29) is 11.9 Å². The third-order valence-corrected chi connectivity index (χ3v) is 7.70. The Hall–Kier alpha value is -2.07. The van der Waals surface area contributed by atoms with E-state index < -0.39 is 0 Å². The molecule has 1 amide bonds. The Balaban J connectivity index is 1.50. The van der Waals surface area contributed by atoms with Crippen LogP contribution in [0.3, 0.4) is 0 Å². The number of likely N-dealkylation sites (tertiary alicyclic amines) is 1. The van der Waals surface area contributed by atoms with Crippen LogP contribution in [0, 0.1) is 0 Å². The molecule has 1 saturated heterocycles. The molecule has 2 atom stereocenters. The van der Waals surface area contributed by atoms with Crippen LogP contribution in [0.2, 0.25) is 10.0 Å². The molecule has 0 spiro atoms. The Bertz CT molecular complexity index is 1140. The molecule has 31 heavy (non-hydrogen) atoms. The zero-order valence-electron chi connectivity index (χ0n) is 17.7.